The minimum atomic E-state index is -0.302. The predicted molar refractivity (Wildman–Crippen MR) is 91.1 cm³/mol. The summed E-state index contributed by atoms with van der Waals surface area (Å²) in [6.45, 7) is 2.56. The maximum absolute atomic E-state index is 12.8. The number of aryl methyl sites for hydroxylation is 1. The highest BCUT2D eigenvalue weighted by Crippen LogP contribution is 2.36. The molecule has 1 aromatic rings. The van der Waals surface area contributed by atoms with E-state index in [0.717, 1.165) is 45.2 Å². The number of likely N-dealkylation sites (tertiary alicyclic amines) is 1. The summed E-state index contributed by atoms with van der Waals surface area (Å²) >= 11 is 0. The molecule has 1 aromatic heterocycles. The SMILES string of the molecule is CN(C)C(=O)C1(CCCc2ccncc2)CCCN(CCO)C1. The van der Waals surface area contributed by atoms with Crippen molar-refractivity contribution in [1.82, 2.24) is 14.8 Å². The first-order chi connectivity index (χ1) is 11.1. The first-order valence-electron chi connectivity index (χ1n) is 8.51. The van der Waals surface area contributed by atoms with Gasteiger partial charge in [0.2, 0.25) is 5.91 Å². The average molecular weight is 319 g/mol. The lowest BCUT2D eigenvalue weighted by Gasteiger charge is -2.43. The van der Waals surface area contributed by atoms with E-state index in [1.54, 1.807) is 4.90 Å². The van der Waals surface area contributed by atoms with Gasteiger partial charge in [-0.2, -0.15) is 0 Å². The summed E-state index contributed by atoms with van der Waals surface area (Å²) < 4.78 is 0. The Morgan fingerprint density at radius 3 is 2.78 bits per heavy atom. The van der Waals surface area contributed by atoms with Crippen LogP contribution < -0.4 is 0 Å². The summed E-state index contributed by atoms with van der Waals surface area (Å²) in [6.07, 6.45) is 8.48. The van der Waals surface area contributed by atoms with Gasteiger partial charge in [0.1, 0.15) is 0 Å². The molecule has 23 heavy (non-hydrogen) atoms. The highest BCUT2D eigenvalue weighted by atomic mass is 16.3. The van der Waals surface area contributed by atoms with Crippen LogP contribution in [0.15, 0.2) is 24.5 Å². The molecule has 1 aliphatic rings. The molecule has 5 heteroatoms. The maximum Gasteiger partial charge on any atom is 0.229 e. The summed E-state index contributed by atoms with van der Waals surface area (Å²) in [6, 6.07) is 4.08. The number of hydrogen-bond acceptors (Lipinski definition) is 4. The Bertz CT molecular complexity index is 490. The van der Waals surface area contributed by atoms with Crippen molar-refractivity contribution < 1.29 is 9.90 Å². The number of piperidine rings is 1. The molecule has 0 saturated carbocycles. The predicted octanol–water partition coefficient (Wildman–Crippen LogP) is 1.57. The number of amides is 1. The second-order valence-corrected chi connectivity index (χ2v) is 6.79. The molecule has 0 aliphatic carbocycles. The Morgan fingerprint density at radius 2 is 2.13 bits per heavy atom. The van der Waals surface area contributed by atoms with Gasteiger partial charge in [0.15, 0.2) is 0 Å². The third kappa shape index (κ3) is 4.75. The fourth-order valence-electron chi connectivity index (χ4n) is 3.70. The molecule has 0 spiro atoms. The van der Waals surface area contributed by atoms with Crippen LogP contribution in [-0.2, 0) is 11.2 Å². The normalized spacial score (nSPS) is 22.0. The number of carbonyl (C=O) groups excluding carboxylic acids is 1. The molecule has 1 aliphatic heterocycles. The summed E-state index contributed by atoms with van der Waals surface area (Å²) in [5.74, 6) is 0.231. The minimum Gasteiger partial charge on any atom is -0.395 e. The zero-order valence-electron chi connectivity index (χ0n) is 14.4. The monoisotopic (exact) mass is 319 g/mol. The zero-order valence-corrected chi connectivity index (χ0v) is 14.4. The first-order valence-corrected chi connectivity index (χ1v) is 8.51. The molecule has 1 fully saturated rings. The number of pyridine rings is 1. The molecule has 0 radical (unpaired) electrons. The molecule has 1 unspecified atom stereocenters. The molecule has 0 aromatic carbocycles. The molecular weight excluding hydrogens is 290 g/mol. The zero-order chi connectivity index (χ0) is 16.7. The van der Waals surface area contributed by atoms with Gasteiger partial charge in [0, 0.05) is 39.6 Å². The van der Waals surface area contributed by atoms with Gasteiger partial charge in [-0.1, -0.05) is 0 Å². The van der Waals surface area contributed by atoms with Crippen LogP contribution in [-0.4, -0.2) is 66.1 Å². The smallest absolute Gasteiger partial charge is 0.229 e. The Hall–Kier alpha value is -1.46. The van der Waals surface area contributed by atoms with E-state index in [1.165, 1.54) is 5.56 Å². The summed E-state index contributed by atoms with van der Waals surface area (Å²) in [5, 5.41) is 9.22. The van der Waals surface area contributed by atoms with Crippen molar-refractivity contribution in [3.05, 3.63) is 30.1 Å². The van der Waals surface area contributed by atoms with Gasteiger partial charge >= 0.3 is 0 Å². The van der Waals surface area contributed by atoms with Crippen molar-refractivity contribution in [2.45, 2.75) is 32.1 Å². The quantitative estimate of drug-likeness (QED) is 0.829. The molecule has 1 saturated heterocycles. The van der Waals surface area contributed by atoms with E-state index in [1.807, 2.05) is 38.6 Å². The average Bonchev–Trinajstić information content (AvgIpc) is 2.55. The topological polar surface area (TPSA) is 56.7 Å². The van der Waals surface area contributed by atoms with Gasteiger partial charge in [0.25, 0.3) is 0 Å². The highest BCUT2D eigenvalue weighted by Gasteiger charge is 2.42. The Balaban J connectivity index is 2.03. The van der Waals surface area contributed by atoms with Gasteiger partial charge in [0.05, 0.1) is 12.0 Å². The van der Waals surface area contributed by atoms with Crippen LogP contribution in [0.4, 0.5) is 0 Å². The summed E-state index contributed by atoms with van der Waals surface area (Å²) in [7, 11) is 3.69. The lowest BCUT2D eigenvalue weighted by molar-refractivity contribution is -0.144. The van der Waals surface area contributed by atoms with E-state index in [-0.39, 0.29) is 17.9 Å². The highest BCUT2D eigenvalue weighted by molar-refractivity contribution is 5.82. The van der Waals surface area contributed by atoms with E-state index in [4.69, 9.17) is 0 Å². The fourth-order valence-corrected chi connectivity index (χ4v) is 3.70. The standard InChI is InChI=1S/C18H29N3O2/c1-20(2)17(23)18(9-4-12-21(15-18)13-14-22)8-3-5-16-6-10-19-11-7-16/h6-7,10-11,22H,3-5,8-9,12-15H2,1-2H3. The van der Waals surface area contributed by atoms with E-state index >= 15 is 0 Å². The van der Waals surface area contributed by atoms with Crippen molar-refractivity contribution in [1.29, 1.82) is 0 Å². The minimum absolute atomic E-state index is 0.156. The number of hydrogen-bond donors (Lipinski definition) is 1. The Labute approximate surface area is 139 Å². The number of nitrogens with zero attached hydrogens (tertiary/aromatic N) is 3. The second kappa shape index (κ2) is 8.41. The summed E-state index contributed by atoms with van der Waals surface area (Å²) in [4.78, 5) is 20.9. The van der Waals surface area contributed by atoms with Crippen molar-refractivity contribution in [2.75, 3.05) is 40.3 Å². The van der Waals surface area contributed by atoms with Crippen molar-refractivity contribution in [3.63, 3.8) is 0 Å². The van der Waals surface area contributed by atoms with Crippen molar-refractivity contribution in [3.8, 4) is 0 Å². The molecule has 1 amide bonds. The summed E-state index contributed by atoms with van der Waals surface area (Å²) in [5.41, 5.74) is 0.972. The number of aliphatic hydroxyl groups excluding tert-OH is 1. The number of β-amino-alcohol motifs (C(OH)–C–C–N with tert-alkyl or cyclic N) is 1. The van der Waals surface area contributed by atoms with E-state index in [9.17, 15) is 9.90 Å². The second-order valence-electron chi connectivity index (χ2n) is 6.79. The molecule has 128 valence electrons. The first kappa shape index (κ1) is 17.9. The van der Waals surface area contributed by atoms with Gasteiger partial charge in [-0.05, 0) is 56.3 Å². The molecule has 1 atom stereocenters. The number of aliphatic hydroxyl groups is 1. The van der Waals surface area contributed by atoms with Crippen LogP contribution >= 0.6 is 0 Å². The van der Waals surface area contributed by atoms with Crippen molar-refractivity contribution in [2.24, 2.45) is 5.41 Å². The lowest BCUT2D eigenvalue weighted by atomic mass is 9.74. The van der Waals surface area contributed by atoms with Crippen molar-refractivity contribution >= 4 is 5.91 Å². The van der Waals surface area contributed by atoms with Crippen LogP contribution in [0.2, 0.25) is 0 Å². The van der Waals surface area contributed by atoms with Crippen LogP contribution in [0, 0.1) is 5.41 Å². The molecule has 2 heterocycles. The maximum atomic E-state index is 12.8. The number of carbonyl (C=O) groups is 1. The van der Waals surface area contributed by atoms with Crippen LogP contribution in [0.1, 0.15) is 31.2 Å². The van der Waals surface area contributed by atoms with E-state index < -0.39 is 0 Å². The van der Waals surface area contributed by atoms with E-state index in [2.05, 4.69) is 9.88 Å². The molecular formula is C18H29N3O2. The van der Waals surface area contributed by atoms with Crippen LogP contribution in [0.5, 0.6) is 0 Å². The Kier molecular flexibility index (Phi) is 6.54. The van der Waals surface area contributed by atoms with Crippen LogP contribution in [0.25, 0.3) is 0 Å². The molecule has 0 bridgehead atoms. The van der Waals surface area contributed by atoms with Gasteiger partial charge < -0.3 is 10.0 Å². The lowest BCUT2D eigenvalue weighted by Crippen LogP contribution is -2.52. The fraction of sp³-hybridized carbons (Fsp3) is 0.667. The third-order valence-corrected chi connectivity index (χ3v) is 4.80. The Morgan fingerprint density at radius 1 is 1.39 bits per heavy atom. The van der Waals surface area contributed by atoms with Gasteiger partial charge in [-0.15, -0.1) is 0 Å². The van der Waals surface area contributed by atoms with Gasteiger partial charge in [-0.25, -0.2) is 0 Å². The molecule has 5 nitrogen and oxygen atoms in total. The molecule has 2 rings (SSSR count). The largest absolute Gasteiger partial charge is 0.395 e. The number of rotatable bonds is 7. The van der Waals surface area contributed by atoms with Gasteiger partial charge in [-0.3, -0.25) is 14.7 Å². The number of aromatic nitrogens is 1. The molecule has 1 N–H and O–H groups in total. The van der Waals surface area contributed by atoms with E-state index in [0.29, 0.717) is 6.54 Å². The third-order valence-electron chi connectivity index (χ3n) is 4.80. The van der Waals surface area contributed by atoms with Crippen LogP contribution in [0.3, 0.4) is 0 Å².